The molecule has 0 aliphatic heterocycles. The first-order chi connectivity index (χ1) is 23.8. The first-order valence-corrected chi connectivity index (χ1v) is 15.8. The van der Waals surface area contributed by atoms with E-state index in [4.69, 9.17) is 28.8 Å². The molecule has 6 heteroatoms. The molecule has 0 N–H and O–H groups in total. The summed E-state index contributed by atoms with van der Waals surface area (Å²) in [4.78, 5) is 20.0. The highest BCUT2D eigenvalue weighted by molar-refractivity contribution is 6.18. The molecule has 7 aromatic carbocycles. The van der Waals surface area contributed by atoms with Crippen LogP contribution >= 0.6 is 0 Å². The Morgan fingerprint density at radius 1 is 0.396 bits per heavy atom. The molecule has 0 aliphatic carbocycles. The first kappa shape index (κ1) is 26.5. The number of nitrogens with zero attached hydrogens (tertiary/aromatic N) is 4. The number of para-hydroxylation sites is 1. The van der Waals surface area contributed by atoms with Crippen LogP contribution in [0, 0.1) is 0 Å². The van der Waals surface area contributed by atoms with Gasteiger partial charge in [-0.2, -0.15) is 0 Å². The van der Waals surface area contributed by atoms with Gasteiger partial charge in [0.2, 0.25) is 5.89 Å². The average Bonchev–Trinajstić information content (AvgIpc) is 3.77. The number of oxazole rings is 1. The van der Waals surface area contributed by atoms with E-state index in [-0.39, 0.29) is 0 Å². The molecule has 0 amide bonds. The second-order valence-electron chi connectivity index (χ2n) is 11.8. The first-order valence-electron chi connectivity index (χ1n) is 15.8. The SMILES string of the molecule is c1ccc(-c2nc(-c3ccc4ccc5ccc6nc(-c7ccccc7)oc6c5c4c3)nc(-c3cccc4oc5ccccc5c34)n2)cc1. The second kappa shape index (κ2) is 10.4. The maximum atomic E-state index is 6.48. The van der Waals surface area contributed by atoms with Gasteiger partial charge in [0, 0.05) is 38.4 Å². The summed E-state index contributed by atoms with van der Waals surface area (Å²) in [6.07, 6.45) is 0. The molecular weight excluding hydrogens is 592 g/mol. The van der Waals surface area contributed by atoms with Crippen LogP contribution in [0.1, 0.15) is 0 Å². The highest BCUT2D eigenvalue weighted by Crippen LogP contribution is 2.38. The molecule has 48 heavy (non-hydrogen) atoms. The summed E-state index contributed by atoms with van der Waals surface area (Å²) in [6.45, 7) is 0. The van der Waals surface area contributed by atoms with Gasteiger partial charge in [-0.3, -0.25) is 0 Å². The Balaban J connectivity index is 1.22. The summed E-state index contributed by atoms with van der Waals surface area (Å²) < 4.78 is 12.7. The molecule has 3 aromatic heterocycles. The van der Waals surface area contributed by atoms with E-state index in [2.05, 4.69) is 48.5 Å². The van der Waals surface area contributed by atoms with Gasteiger partial charge in [0.15, 0.2) is 23.1 Å². The van der Waals surface area contributed by atoms with Crippen molar-refractivity contribution in [3.63, 3.8) is 0 Å². The fourth-order valence-electron chi connectivity index (χ4n) is 6.67. The fraction of sp³-hybridized carbons (Fsp3) is 0. The third kappa shape index (κ3) is 4.20. The van der Waals surface area contributed by atoms with Gasteiger partial charge >= 0.3 is 0 Å². The van der Waals surface area contributed by atoms with Gasteiger partial charge in [0.25, 0.3) is 0 Å². The van der Waals surface area contributed by atoms with E-state index in [0.717, 1.165) is 76.8 Å². The zero-order valence-corrected chi connectivity index (χ0v) is 25.5. The van der Waals surface area contributed by atoms with Crippen LogP contribution in [0.15, 0.2) is 154 Å². The molecule has 0 atom stereocenters. The van der Waals surface area contributed by atoms with Crippen LogP contribution in [0.3, 0.4) is 0 Å². The van der Waals surface area contributed by atoms with Crippen molar-refractivity contribution in [2.75, 3.05) is 0 Å². The van der Waals surface area contributed by atoms with E-state index >= 15 is 0 Å². The number of fused-ring (bicyclic) bond motifs is 8. The molecule has 6 nitrogen and oxygen atoms in total. The Morgan fingerprint density at radius 2 is 1.06 bits per heavy atom. The highest BCUT2D eigenvalue weighted by atomic mass is 16.3. The van der Waals surface area contributed by atoms with Crippen molar-refractivity contribution in [3.05, 3.63) is 146 Å². The minimum absolute atomic E-state index is 0.581. The lowest BCUT2D eigenvalue weighted by Gasteiger charge is -2.11. The van der Waals surface area contributed by atoms with E-state index < -0.39 is 0 Å². The molecule has 3 heterocycles. The van der Waals surface area contributed by atoms with Gasteiger partial charge in [-0.1, -0.05) is 109 Å². The van der Waals surface area contributed by atoms with Crippen LogP contribution in [0.2, 0.25) is 0 Å². The minimum Gasteiger partial charge on any atom is -0.456 e. The summed E-state index contributed by atoms with van der Waals surface area (Å²) in [5, 5.41) is 6.21. The van der Waals surface area contributed by atoms with Gasteiger partial charge in [0.05, 0.1) is 0 Å². The summed E-state index contributed by atoms with van der Waals surface area (Å²) in [5.41, 5.74) is 6.81. The lowest BCUT2D eigenvalue weighted by atomic mass is 9.99. The zero-order valence-electron chi connectivity index (χ0n) is 25.5. The Hall–Kier alpha value is -6.66. The molecule has 0 saturated heterocycles. The number of hydrogen-bond acceptors (Lipinski definition) is 6. The fourth-order valence-corrected chi connectivity index (χ4v) is 6.67. The number of benzene rings is 7. The summed E-state index contributed by atoms with van der Waals surface area (Å²) in [7, 11) is 0. The second-order valence-corrected chi connectivity index (χ2v) is 11.8. The Morgan fingerprint density at radius 3 is 1.92 bits per heavy atom. The quantitative estimate of drug-likeness (QED) is 0.183. The molecule has 224 valence electrons. The largest absolute Gasteiger partial charge is 0.456 e. The van der Waals surface area contributed by atoms with E-state index in [1.165, 1.54) is 0 Å². The molecule has 10 rings (SSSR count). The number of rotatable bonds is 4. The normalized spacial score (nSPS) is 11.8. The number of furan rings is 1. The van der Waals surface area contributed by atoms with Crippen LogP contribution in [-0.2, 0) is 0 Å². The molecule has 0 bridgehead atoms. The molecule has 0 spiro atoms. The number of aromatic nitrogens is 4. The molecular formula is C42H24N4O2. The van der Waals surface area contributed by atoms with Crippen molar-refractivity contribution in [1.29, 1.82) is 0 Å². The van der Waals surface area contributed by atoms with Crippen molar-refractivity contribution in [2.24, 2.45) is 0 Å². The third-order valence-electron chi connectivity index (χ3n) is 8.94. The van der Waals surface area contributed by atoms with Crippen LogP contribution in [-0.4, -0.2) is 19.9 Å². The molecule has 0 fully saturated rings. The van der Waals surface area contributed by atoms with Gasteiger partial charge in [0.1, 0.15) is 16.7 Å². The Labute approximate surface area is 274 Å². The van der Waals surface area contributed by atoms with Gasteiger partial charge < -0.3 is 8.83 Å². The van der Waals surface area contributed by atoms with Gasteiger partial charge in [-0.05, 0) is 52.6 Å². The summed E-state index contributed by atoms with van der Waals surface area (Å²) >= 11 is 0. The molecule has 10 aromatic rings. The van der Waals surface area contributed by atoms with E-state index in [0.29, 0.717) is 23.4 Å². The van der Waals surface area contributed by atoms with Crippen molar-refractivity contribution < 1.29 is 8.83 Å². The predicted octanol–water partition coefficient (Wildman–Crippen LogP) is 10.9. The highest BCUT2D eigenvalue weighted by Gasteiger charge is 2.19. The van der Waals surface area contributed by atoms with Crippen LogP contribution < -0.4 is 0 Å². The van der Waals surface area contributed by atoms with Crippen LogP contribution in [0.25, 0.3) is 100 Å². The topological polar surface area (TPSA) is 77.8 Å². The van der Waals surface area contributed by atoms with E-state index in [9.17, 15) is 0 Å². The van der Waals surface area contributed by atoms with Crippen molar-refractivity contribution in [2.45, 2.75) is 0 Å². The van der Waals surface area contributed by atoms with Gasteiger partial charge in [-0.25, -0.2) is 19.9 Å². The standard InChI is InChI=1S/C42H24N4O2/c1-3-10-27(11-4-1)39-44-40(46-41(45-39)31-15-9-17-35-37(31)30-14-7-8-16-34(30)47-35)29-21-19-25-18-20-26-22-23-33-38(36(26)32(25)24-29)48-42(43-33)28-12-5-2-6-13-28/h1-24H. The maximum Gasteiger partial charge on any atom is 0.227 e. The molecule has 0 radical (unpaired) electrons. The minimum atomic E-state index is 0.581. The number of hydrogen-bond donors (Lipinski definition) is 0. The van der Waals surface area contributed by atoms with Crippen molar-refractivity contribution >= 4 is 54.6 Å². The Bertz CT molecular complexity index is 2840. The van der Waals surface area contributed by atoms with Crippen LogP contribution in [0.4, 0.5) is 0 Å². The lowest BCUT2D eigenvalue weighted by molar-refractivity contribution is 0.623. The molecule has 0 saturated carbocycles. The maximum absolute atomic E-state index is 6.48. The predicted molar refractivity (Wildman–Crippen MR) is 191 cm³/mol. The Kier molecular flexibility index (Phi) is 5.77. The van der Waals surface area contributed by atoms with E-state index in [1.807, 2.05) is 97.1 Å². The molecule has 0 unspecified atom stereocenters. The van der Waals surface area contributed by atoms with Gasteiger partial charge in [-0.15, -0.1) is 0 Å². The smallest absolute Gasteiger partial charge is 0.227 e. The summed E-state index contributed by atoms with van der Waals surface area (Å²) in [5.74, 6) is 2.36. The van der Waals surface area contributed by atoms with Crippen LogP contribution in [0.5, 0.6) is 0 Å². The molecule has 0 aliphatic rings. The zero-order chi connectivity index (χ0) is 31.6. The monoisotopic (exact) mass is 616 g/mol. The van der Waals surface area contributed by atoms with Crippen molar-refractivity contribution in [3.8, 4) is 45.6 Å². The van der Waals surface area contributed by atoms with Crippen molar-refractivity contribution in [1.82, 2.24) is 19.9 Å². The average molecular weight is 617 g/mol. The summed E-state index contributed by atoms with van der Waals surface area (Å²) in [6, 6.07) is 48.9. The lowest BCUT2D eigenvalue weighted by Crippen LogP contribution is -2.00. The third-order valence-corrected chi connectivity index (χ3v) is 8.94. The van der Waals surface area contributed by atoms with E-state index in [1.54, 1.807) is 0 Å².